The van der Waals surface area contributed by atoms with Gasteiger partial charge in [-0.25, -0.2) is 0 Å². The molecule has 0 fully saturated rings. The highest BCUT2D eigenvalue weighted by atomic mass is 16.1. The van der Waals surface area contributed by atoms with Gasteiger partial charge >= 0.3 is 0 Å². The molecule has 25 heavy (non-hydrogen) atoms. The van der Waals surface area contributed by atoms with Crippen molar-refractivity contribution in [2.24, 2.45) is 11.7 Å². The van der Waals surface area contributed by atoms with Gasteiger partial charge in [-0.15, -0.1) is 0 Å². The second-order valence-corrected chi connectivity index (χ2v) is 7.65. The third-order valence-electron chi connectivity index (χ3n) is 5.70. The Morgan fingerprint density at radius 3 is 1.52 bits per heavy atom. The average Bonchev–Trinajstić information content (AvgIpc) is 2.59. The van der Waals surface area contributed by atoms with E-state index in [0.29, 0.717) is 0 Å². The van der Waals surface area contributed by atoms with Crippen LogP contribution in [-0.4, -0.2) is 29.9 Å². The first-order valence-corrected chi connectivity index (χ1v) is 11.1. The molecule has 0 saturated heterocycles. The summed E-state index contributed by atoms with van der Waals surface area (Å²) in [6.07, 6.45) is 17.2. The maximum atomic E-state index is 11.8. The molecule has 3 heteroatoms. The zero-order chi connectivity index (χ0) is 18.9. The highest BCUT2D eigenvalue weighted by Gasteiger charge is 2.25. The molecule has 0 aromatic carbocycles. The van der Waals surface area contributed by atoms with E-state index in [4.69, 9.17) is 5.73 Å². The third-order valence-corrected chi connectivity index (χ3v) is 5.70. The van der Waals surface area contributed by atoms with Gasteiger partial charge in [0.25, 0.3) is 0 Å². The second-order valence-electron chi connectivity index (χ2n) is 7.65. The lowest BCUT2D eigenvalue weighted by Crippen LogP contribution is -2.43. The summed E-state index contributed by atoms with van der Waals surface area (Å²) in [7, 11) is 0. The molecule has 3 nitrogen and oxygen atoms in total. The van der Waals surface area contributed by atoms with Crippen molar-refractivity contribution in [1.82, 2.24) is 4.90 Å². The van der Waals surface area contributed by atoms with Crippen LogP contribution in [0.4, 0.5) is 0 Å². The molecule has 0 aromatic rings. The number of rotatable bonds is 18. The molecule has 1 amide bonds. The molecule has 0 aliphatic heterocycles. The number of unbranched alkanes of at least 4 members (excludes halogenated alkanes) is 11. The Bertz CT molecular complexity index is 302. The lowest BCUT2D eigenvalue weighted by molar-refractivity contribution is -0.124. The summed E-state index contributed by atoms with van der Waals surface area (Å²) in [5, 5.41) is 0. The molecule has 0 saturated carbocycles. The van der Waals surface area contributed by atoms with Gasteiger partial charge in [-0.2, -0.15) is 0 Å². The molecule has 0 radical (unpaired) electrons. The minimum Gasteiger partial charge on any atom is -0.369 e. The largest absolute Gasteiger partial charge is 0.369 e. The first kappa shape index (κ1) is 24.4. The van der Waals surface area contributed by atoms with E-state index >= 15 is 0 Å². The fourth-order valence-electron chi connectivity index (χ4n) is 3.88. The summed E-state index contributed by atoms with van der Waals surface area (Å²) in [6.45, 7) is 10.7. The number of hydrogen-bond acceptors (Lipinski definition) is 2. The van der Waals surface area contributed by atoms with Crippen LogP contribution in [-0.2, 0) is 4.79 Å². The Hall–Kier alpha value is -0.570. The van der Waals surface area contributed by atoms with Gasteiger partial charge in [0, 0.05) is 6.04 Å². The van der Waals surface area contributed by atoms with E-state index in [1.165, 1.54) is 70.6 Å². The van der Waals surface area contributed by atoms with Crippen LogP contribution in [0.15, 0.2) is 0 Å². The molecular weight excluding hydrogens is 308 g/mol. The molecule has 0 aromatic heterocycles. The first-order valence-electron chi connectivity index (χ1n) is 11.1. The van der Waals surface area contributed by atoms with Crippen LogP contribution in [0.5, 0.6) is 0 Å². The summed E-state index contributed by atoms with van der Waals surface area (Å²) in [4.78, 5) is 14.1. The molecular formula is C22H46N2O. The molecule has 0 bridgehead atoms. The van der Waals surface area contributed by atoms with Crippen molar-refractivity contribution in [1.29, 1.82) is 0 Å². The molecule has 2 N–H and O–H groups in total. The van der Waals surface area contributed by atoms with Crippen LogP contribution in [0.3, 0.4) is 0 Å². The number of nitrogens with two attached hydrogens (primary N) is 1. The number of nitrogens with zero attached hydrogens (tertiary/aromatic N) is 1. The minimum atomic E-state index is -0.123. The van der Waals surface area contributed by atoms with Crippen molar-refractivity contribution in [2.45, 2.75) is 117 Å². The smallest absolute Gasteiger partial charge is 0.222 e. The van der Waals surface area contributed by atoms with Crippen molar-refractivity contribution in [3.8, 4) is 0 Å². The van der Waals surface area contributed by atoms with Gasteiger partial charge in [0.2, 0.25) is 5.91 Å². The van der Waals surface area contributed by atoms with E-state index in [1.54, 1.807) is 0 Å². The fourth-order valence-corrected chi connectivity index (χ4v) is 3.88. The van der Waals surface area contributed by atoms with Crippen LogP contribution in [0.25, 0.3) is 0 Å². The first-order chi connectivity index (χ1) is 12.1. The van der Waals surface area contributed by atoms with Gasteiger partial charge in [-0.3, -0.25) is 4.79 Å². The highest BCUT2D eigenvalue weighted by Crippen LogP contribution is 2.19. The highest BCUT2D eigenvalue weighted by molar-refractivity contribution is 5.77. The van der Waals surface area contributed by atoms with E-state index in [2.05, 4.69) is 32.6 Å². The van der Waals surface area contributed by atoms with Crippen LogP contribution < -0.4 is 5.73 Å². The summed E-state index contributed by atoms with van der Waals surface area (Å²) < 4.78 is 0. The topological polar surface area (TPSA) is 46.3 Å². The maximum Gasteiger partial charge on any atom is 0.222 e. The van der Waals surface area contributed by atoms with Gasteiger partial charge in [-0.05, 0) is 26.4 Å². The average molecular weight is 355 g/mol. The summed E-state index contributed by atoms with van der Waals surface area (Å²) in [5.74, 6) is -0.120. The molecule has 0 heterocycles. The molecule has 2 unspecified atom stereocenters. The number of primary amides is 1. The van der Waals surface area contributed by atoms with Crippen molar-refractivity contribution in [3.63, 3.8) is 0 Å². The van der Waals surface area contributed by atoms with Crippen molar-refractivity contribution < 1.29 is 4.79 Å². The molecule has 150 valence electrons. The number of amides is 1. The fraction of sp³-hybridized carbons (Fsp3) is 0.955. The predicted octanol–water partition coefficient (Wildman–Crippen LogP) is 5.91. The predicted molar refractivity (Wildman–Crippen MR) is 111 cm³/mol. The zero-order valence-electron chi connectivity index (χ0n) is 17.7. The number of carbonyl (C=O) groups excluding carboxylic acids is 1. The van der Waals surface area contributed by atoms with E-state index in [-0.39, 0.29) is 17.9 Å². The van der Waals surface area contributed by atoms with E-state index in [0.717, 1.165) is 25.9 Å². The van der Waals surface area contributed by atoms with Crippen LogP contribution >= 0.6 is 0 Å². The standard InChI is InChI=1S/C22H46N2O/c1-5-8-9-10-11-12-13-14-15-16-17-18-19-21(22(23)25)20(4)24(6-2)7-3/h20-21H,5-19H2,1-4H3,(H2,23,25). The van der Waals surface area contributed by atoms with Crippen LogP contribution in [0.1, 0.15) is 111 Å². The van der Waals surface area contributed by atoms with E-state index < -0.39 is 0 Å². The van der Waals surface area contributed by atoms with Crippen molar-refractivity contribution in [2.75, 3.05) is 13.1 Å². The molecule has 0 aliphatic rings. The molecule has 0 spiro atoms. The Kier molecular flexibility index (Phi) is 16.5. The van der Waals surface area contributed by atoms with Crippen molar-refractivity contribution in [3.05, 3.63) is 0 Å². The monoisotopic (exact) mass is 354 g/mol. The second kappa shape index (κ2) is 16.9. The molecule has 0 aliphatic carbocycles. The maximum absolute atomic E-state index is 11.8. The normalized spacial score (nSPS) is 14.0. The Balaban J connectivity index is 3.68. The minimum absolute atomic E-state index is 0.00280. The zero-order valence-corrected chi connectivity index (χ0v) is 17.7. The van der Waals surface area contributed by atoms with Crippen molar-refractivity contribution >= 4 is 5.91 Å². The Morgan fingerprint density at radius 2 is 1.16 bits per heavy atom. The van der Waals surface area contributed by atoms with E-state index in [1.807, 2.05) is 0 Å². The Morgan fingerprint density at radius 1 is 0.760 bits per heavy atom. The quantitative estimate of drug-likeness (QED) is 0.311. The lowest BCUT2D eigenvalue weighted by Gasteiger charge is -2.31. The van der Waals surface area contributed by atoms with Gasteiger partial charge < -0.3 is 10.6 Å². The SMILES string of the molecule is CCCCCCCCCCCCCCC(C(N)=O)C(C)N(CC)CC. The Labute approximate surface area is 158 Å². The number of hydrogen-bond donors (Lipinski definition) is 1. The van der Waals surface area contributed by atoms with Gasteiger partial charge in [0.1, 0.15) is 0 Å². The third kappa shape index (κ3) is 12.4. The summed E-state index contributed by atoms with van der Waals surface area (Å²) >= 11 is 0. The van der Waals surface area contributed by atoms with Gasteiger partial charge in [0.15, 0.2) is 0 Å². The lowest BCUT2D eigenvalue weighted by atomic mass is 9.92. The molecule has 2 atom stereocenters. The van der Waals surface area contributed by atoms with E-state index in [9.17, 15) is 4.79 Å². The van der Waals surface area contributed by atoms with Crippen LogP contribution in [0, 0.1) is 5.92 Å². The van der Waals surface area contributed by atoms with Gasteiger partial charge in [-0.1, -0.05) is 97.8 Å². The molecule has 0 rings (SSSR count). The summed E-state index contributed by atoms with van der Waals surface area (Å²) in [6, 6.07) is 0.264. The summed E-state index contributed by atoms with van der Waals surface area (Å²) in [5.41, 5.74) is 5.66. The van der Waals surface area contributed by atoms with Gasteiger partial charge in [0.05, 0.1) is 5.92 Å². The number of carbonyl (C=O) groups is 1. The van der Waals surface area contributed by atoms with Crippen LogP contribution in [0.2, 0.25) is 0 Å².